The summed E-state index contributed by atoms with van der Waals surface area (Å²) in [6, 6.07) is 9.55. The molecule has 24 heavy (non-hydrogen) atoms. The number of hydrogen-bond donors (Lipinski definition) is 2. The second-order valence-electron chi connectivity index (χ2n) is 5.02. The summed E-state index contributed by atoms with van der Waals surface area (Å²) in [7, 11) is 1.53. The van der Waals surface area contributed by atoms with Crippen LogP contribution in [0.5, 0.6) is 5.75 Å². The average molecular weight is 334 g/mol. The molecular weight excluding hydrogens is 318 g/mol. The second-order valence-corrected chi connectivity index (χ2v) is 5.02. The fourth-order valence-electron chi connectivity index (χ4n) is 2.03. The van der Waals surface area contributed by atoms with Crippen molar-refractivity contribution in [1.29, 1.82) is 0 Å². The fraction of sp³-hybridized carbons (Fsp3) is 0.176. The Balaban J connectivity index is 2.01. The van der Waals surface area contributed by atoms with E-state index in [4.69, 9.17) is 4.74 Å². The minimum Gasteiger partial charge on any atom is -0.497 e. The van der Waals surface area contributed by atoms with Gasteiger partial charge < -0.3 is 15.4 Å². The summed E-state index contributed by atoms with van der Waals surface area (Å²) in [5.74, 6) is -3.41. The molecule has 0 aliphatic heterocycles. The van der Waals surface area contributed by atoms with Gasteiger partial charge in [0.1, 0.15) is 23.1 Å². The van der Waals surface area contributed by atoms with Gasteiger partial charge in [0.15, 0.2) is 0 Å². The topological polar surface area (TPSA) is 67.4 Å². The molecule has 1 atom stereocenters. The maximum Gasteiger partial charge on any atom is 0.313 e. The first-order valence-corrected chi connectivity index (χ1v) is 7.12. The molecule has 0 aliphatic carbocycles. The number of benzene rings is 2. The third kappa shape index (κ3) is 4.07. The minimum absolute atomic E-state index is 0.473. The fourth-order valence-corrected chi connectivity index (χ4v) is 2.03. The summed E-state index contributed by atoms with van der Waals surface area (Å²) in [6.45, 7) is 1.68. The zero-order chi connectivity index (χ0) is 17.7. The van der Waals surface area contributed by atoms with Gasteiger partial charge in [-0.3, -0.25) is 9.59 Å². The molecule has 2 rings (SSSR count). The van der Waals surface area contributed by atoms with E-state index in [-0.39, 0.29) is 0 Å². The van der Waals surface area contributed by atoms with Crippen LogP contribution >= 0.6 is 0 Å². The summed E-state index contributed by atoms with van der Waals surface area (Å²) >= 11 is 0. The molecule has 0 radical (unpaired) electrons. The van der Waals surface area contributed by atoms with Crippen molar-refractivity contribution in [2.75, 3.05) is 12.4 Å². The van der Waals surface area contributed by atoms with Crippen LogP contribution in [0.25, 0.3) is 0 Å². The monoisotopic (exact) mass is 334 g/mol. The molecule has 0 aliphatic rings. The van der Waals surface area contributed by atoms with Gasteiger partial charge in [-0.1, -0.05) is 18.2 Å². The molecular formula is C17H16F2N2O3. The first kappa shape index (κ1) is 17.4. The number of methoxy groups -OCH3 is 1. The molecule has 0 spiro atoms. The van der Waals surface area contributed by atoms with Crippen LogP contribution in [0.3, 0.4) is 0 Å². The number of para-hydroxylation sites is 1. The highest BCUT2D eigenvalue weighted by Gasteiger charge is 2.20. The maximum absolute atomic E-state index is 13.5. The Morgan fingerprint density at radius 2 is 1.58 bits per heavy atom. The lowest BCUT2D eigenvalue weighted by atomic mass is 10.1. The zero-order valence-electron chi connectivity index (χ0n) is 13.1. The van der Waals surface area contributed by atoms with E-state index in [1.165, 1.54) is 7.11 Å². The Morgan fingerprint density at radius 3 is 2.12 bits per heavy atom. The molecule has 0 fully saturated rings. The van der Waals surface area contributed by atoms with Crippen LogP contribution in [0.4, 0.5) is 14.5 Å². The quantitative estimate of drug-likeness (QED) is 0.845. The number of rotatable bonds is 4. The molecule has 0 heterocycles. The standard InChI is InChI=1S/C17H16F2N2O3/c1-10(11-6-8-12(24-2)9-7-11)20-16(22)17(23)21-15-13(18)4-3-5-14(15)19/h3-10H,1-2H3,(H,20,22)(H,21,23). The predicted octanol–water partition coefficient (Wildman–Crippen LogP) is 2.79. The normalized spacial score (nSPS) is 11.5. The van der Waals surface area contributed by atoms with Gasteiger partial charge in [-0.05, 0) is 36.8 Å². The number of carbonyl (C=O) groups excluding carboxylic acids is 2. The smallest absolute Gasteiger partial charge is 0.313 e. The van der Waals surface area contributed by atoms with Gasteiger partial charge in [-0.15, -0.1) is 0 Å². The molecule has 1 unspecified atom stereocenters. The molecule has 2 aromatic rings. The van der Waals surface area contributed by atoms with Crippen molar-refractivity contribution in [3.8, 4) is 5.75 Å². The van der Waals surface area contributed by atoms with E-state index >= 15 is 0 Å². The van der Waals surface area contributed by atoms with Gasteiger partial charge in [0.25, 0.3) is 0 Å². The molecule has 2 aromatic carbocycles. The minimum atomic E-state index is -1.15. The van der Waals surface area contributed by atoms with E-state index in [9.17, 15) is 18.4 Å². The van der Waals surface area contributed by atoms with Crippen molar-refractivity contribution in [1.82, 2.24) is 5.32 Å². The van der Waals surface area contributed by atoms with Crippen molar-refractivity contribution in [2.24, 2.45) is 0 Å². The Kier molecular flexibility index (Phi) is 5.47. The van der Waals surface area contributed by atoms with Crippen LogP contribution in [0.15, 0.2) is 42.5 Å². The van der Waals surface area contributed by atoms with E-state index in [0.29, 0.717) is 5.75 Å². The third-order valence-electron chi connectivity index (χ3n) is 3.37. The Morgan fingerprint density at radius 1 is 1.00 bits per heavy atom. The van der Waals surface area contributed by atoms with Crippen LogP contribution < -0.4 is 15.4 Å². The summed E-state index contributed by atoms with van der Waals surface area (Å²) in [4.78, 5) is 23.7. The predicted molar refractivity (Wildman–Crippen MR) is 84.5 cm³/mol. The third-order valence-corrected chi connectivity index (χ3v) is 3.37. The SMILES string of the molecule is COc1ccc(C(C)NC(=O)C(=O)Nc2c(F)cccc2F)cc1. The molecule has 0 saturated carbocycles. The number of anilines is 1. The maximum atomic E-state index is 13.5. The van der Waals surface area contributed by atoms with Gasteiger partial charge in [0, 0.05) is 0 Å². The molecule has 0 saturated heterocycles. The highest BCUT2D eigenvalue weighted by atomic mass is 19.1. The summed E-state index contributed by atoms with van der Waals surface area (Å²) in [5, 5.41) is 4.39. The molecule has 7 heteroatoms. The number of nitrogens with one attached hydrogen (secondary N) is 2. The second kappa shape index (κ2) is 7.54. The zero-order valence-corrected chi connectivity index (χ0v) is 13.1. The number of carbonyl (C=O) groups is 2. The number of amides is 2. The van der Waals surface area contributed by atoms with Crippen LogP contribution in [-0.2, 0) is 9.59 Å². The number of hydrogen-bond acceptors (Lipinski definition) is 3. The number of ether oxygens (including phenoxy) is 1. The lowest BCUT2D eigenvalue weighted by Gasteiger charge is -2.15. The Hall–Kier alpha value is -2.96. The van der Waals surface area contributed by atoms with Crippen LogP contribution in [0.1, 0.15) is 18.5 Å². The molecule has 0 aromatic heterocycles. The molecule has 2 amide bonds. The molecule has 126 valence electrons. The average Bonchev–Trinajstić information content (AvgIpc) is 2.58. The Bertz CT molecular complexity index is 728. The van der Waals surface area contributed by atoms with Crippen molar-refractivity contribution in [3.05, 3.63) is 59.7 Å². The Labute approximate surface area is 137 Å². The first-order chi connectivity index (χ1) is 11.4. The highest BCUT2D eigenvalue weighted by molar-refractivity contribution is 6.39. The summed E-state index contributed by atoms with van der Waals surface area (Å²) in [5.41, 5.74) is 0.0868. The van der Waals surface area contributed by atoms with Crippen molar-refractivity contribution < 1.29 is 23.1 Å². The van der Waals surface area contributed by atoms with E-state index in [0.717, 1.165) is 23.8 Å². The van der Waals surface area contributed by atoms with Gasteiger partial charge in [-0.25, -0.2) is 8.78 Å². The molecule has 5 nitrogen and oxygen atoms in total. The largest absolute Gasteiger partial charge is 0.497 e. The van der Waals surface area contributed by atoms with Crippen molar-refractivity contribution >= 4 is 17.5 Å². The van der Waals surface area contributed by atoms with Crippen LogP contribution in [0.2, 0.25) is 0 Å². The van der Waals surface area contributed by atoms with Gasteiger partial charge >= 0.3 is 11.8 Å². The van der Waals surface area contributed by atoms with Gasteiger partial charge in [0.2, 0.25) is 0 Å². The van der Waals surface area contributed by atoms with E-state index in [2.05, 4.69) is 5.32 Å². The molecule has 2 N–H and O–H groups in total. The van der Waals surface area contributed by atoms with E-state index < -0.39 is 35.2 Å². The first-order valence-electron chi connectivity index (χ1n) is 7.12. The van der Waals surface area contributed by atoms with Gasteiger partial charge in [0.05, 0.1) is 13.2 Å². The molecule has 0 bridgehead atoms. The highest BCUT2D eigenvalue weighted by Crippen LogP contribution is 2.19. The van der Waals surface area contributed by atoms with Gasteiger partial charge in [-0.2, -0.15) is 0 Å². The summed E-state index contributed by atoms with van der Waals surface area (Å²) in [6.07, 6.45) is 0. The van der Waals surface area contributed by atoms with Crippen molar-refractivity contribution in [2.45, 2.75) is 13.0 Å². The van der Waals surface area contributed by atoms with Crippen LogP contribution in [0, 0.1) is 11.6 Å². The van der Waals surface area contributed by atoms with E-state index in [1.54, 1.807) is 31.2 Å². The summed E-state index contributed by atoms with van der Waals surface area (Å²) < 4.78 is 32.0. The number of halogens is 2. The lowest BCUT2D eigenvalue weighted by Crippen LogP contribution is -2.37. The van der Waals surface area contributed by atoms with Crippen molar-refractivity contribution in [3.63, 3.8) is 0 Å². The lowest BCUT2D eigenvalue weighted by molar-refractivity contribution is -0.136. The van der Waals surface area contributed by atoms with E-state index in [1.807, 2.05) is 5.32 Å². The van der Waals surface area contributed by atoms with Crippen LogP contribution in [-0.4, -0.2) is 18.9 Å².